The van der Waals surface area contributed by atoms with Crippen molar-refractivity contribution in [1.29, 1.82) is 0 Å². The predicted octanol–water partition coefficient (Wildman–Crippen LogP) is 5.27. The van der Waals surface area contributed by atoms with Gasteiger partial charge in [-0.3, -0.25) is 9.59 Å². The lowest BCUT2D eigenvalue weighted by molar-refractivity contribution is 0.0625. The molecule has 0 saturated heterocycles. The van der Waals surface area contributed by atoms with Crippen molar-refractivity contribution in [1.82, 2.24) is 9.88 Å². The van der Waals surface area contributed by atoms with Crippen molar-refractivity contribution in [2.75, 3.05) is 18.1 Å². The molecule has 1 aromatic heterocycles. The van der Waals surface area contributed by atoms with E-state index in [1.165, 1.54) is 0 Å². The summed E-state index contributed by atoms with van der Waals surface area (Å²) in [7, 11) is 0. The fourth-order valence-corrected chi connectivity index (χ4v) is 4.23. The number of fused-ring (bicyclic) bond motifs is 1. The molecular weight excluding hydrogens is 426 g/mol. The van der Waals surface area contributed by atoms with E-state index >= 15 is 0 Å². The Balaban J connectivity index is 1.52. The largest absolute Gasteiger partial charge is 0.492 e. The highest BCUT2D eigenvalue weighted by Gasteiger charge is 2.39. The quantitative estimate of drug-likeness (QED) is 0.360. The SMILES string of the molecule is O=Cc1ccc(OCCN2C(=O)c3ccccc3N(c3ccccn3)C2c2ccccc2)cc1. The Morgan fingerprint density at radius 3 is 2.32 bits per heavy atom. The number of hydrogen-bond donors (Lipinski definition) is 0. The molecule has 0 N–H and O–H groups in total. The Morgan fingerprint density at radius 2 is 1.59 bits per heavy atom. The van der Waals surface area contributed by atoms with Gasteiger partial charge in [-0.1, -0.05) is 48.5 Å². The van der Waals surface area contributed by atoms with Crippen LogP contribution in [-0.4, -0.2) is 35.2 Å². The summed E-state index contributed by atoms with van der Waals surface area (Å²) in [6.45, 7) is 0.666. The van der Waals surface area contributed by atoms with E-state index in [-0.39, 0.29) is 12.1 Å². The van der Waals surface area contributed by atoms with E-state index < -0.39 is 0 Å². The maximum Gasteiger partial charge on any atom is 0.258 e. The molecule has 34 heavy (non-hydrogen) atoms. The van der Waals surface area contributed by atoms with Gasteiger partial charge in [-0.25, -0.2) is 4.98 Å². The van der Waals surface area contributed by atoms with Gasteiger partial charge in [-0.2, -0.15) is 0 Å². The number of carbonyl (C=O) groups is 2. The number of anilines is 2. The van der Waals surface area contributed by atoms with Crippen LogP contribution in [0, 0.1) is 0 Å². The summed E-state index contributed by atoms with van der Waals surface area (Å²) in [4.78, 5) is 33.1. The zero-order valence-electron chi connectivity index (χ0n) is 18.5. The van der Waals surface area contributed by atoms with Crippen molar-refractivity contribution in [3.05, 3.63) is 120 Å². The van der Waals surface area contributed by atoms with Gasteiger partial charge in [-0.05, 0) is 54.1 Å². The van der Waals surface area contributed by atoms with Gasteiger partial charge >= 0.3 is 0 Å². The van der Waals surface area contributed by atoms with Crippen LogP contribution < -0.4 is 9.64 Å². The Morgan fingerprint density at radius 1 is 0.853 bits per heavy atom. The number of amides is 1. The normalized spacial score (nSPS) is 15.1. The smallest absolute Gasteiger partial charge is 0.258 e. The number of pyridine rings is 1. The molecule has 1 amide bonds. The second kappa shape index (κ2) is 9.58. The van der Waals surface area contributed by atoms with Gasteiger partial charge in [0.15, 0.2) is 0 Å². The van der Waals surface area contributed by atoms with Gasteiger partial charge < -0.3 is 14.5 Å². The zero-order chi connectivity index (χ0) is 23.3. The number of nitrogens with zero attached hydrogens (tertiary/aromatic N) is 3. The number of para-hydroxylation sites is 1. The van der Waals surface area contributed by atoms with Crippen molar-refractivity contribution in [3.63, 3.8) is 0 Å². The fraction of sp³-hybridized carbons (Fsp3) is 0.107. The fourth-order valence-electron chi connectivity index (χ4n) is 4.23. The zero-order valence-corrected chi connectivity index (χ0v) is 18.5. The molecule has 6 heteroatoms. The summed E-state index contributed by atoms with van der Waals surface area (Å²) in [5, 5.41) is 0. The minimum atomic E-state index is -0.389. The maximum atomic E-state index is 13.7. The number of hydrogen-bond acceptors (Lipinski definition) is 5. The highest BCUT2D eigenvalue weighted by Crippen LogP contribution is 2.42. The average Bonchev–Trinajstić information content (AvgIpc) is 2.91. The lowest BCUT2D eigenvalue weighted by Crippen LogP contribution is -2.49. The van der Waals surface area contributed by atoms with Gasteiger partial charge in [0.1, 0.15) is 30.6 Å². The number of aromatic nitrogens is 1. The van der Waals surface area contributed by atoms with Crippen molar-refractivity contribution in [3.8, 4) is 5.75 Å². The monoisotopic (exact) mass is 449 g/mol. The molecule has 0 fully saturated rings. The van der Waals surface area contributed by atoms with Crippen molar-refractivity contribution in [2.45, 2.75) is 6.17 Å². The van der Waals surface area contributed by atoms with Crippen LogP contribution in [0.15, 0.2) is 103 Å². The molecule has 0 bridgehead atoms. The Hall–Kier alpha value is -4.45. The molecule has 4 aromatic rings. The summed E-state index contributed by atoms with van der Waals surface area (Å²) in [5.41, 5.74) is 3.01. The van der Waals surface area contributed by atoms with E-state index in [1.807, 2.05) is 77.7 Å². The van der Waals surface area contributed by atoms with Crippen LogP contribution in [-0.2, 0) is 0 Å². The molecule has 6 nitrogen and oxygen atoms in total. The molecule has 0 radical (unpaired) electrons. The van der Waals surface area contributed by atoms with E-state index in [4.69, 9.17) is 4.74 Å². The van der Waals surface area contributed by atoms with Gasteiger partial charge in [0.25, 0.3) is 5.91 Å². The average molecular weight is 450 g/mol. The number of aldehydes is 1. The third kappa shape index (κ3) is 4.13. The Labute approximate surface area is 198 Å². The number of benzene rings is 3. The maximum absolute atomic E-state index is 13.7. The van der Waals surface area contributed by atoms with E-state index in [2.05, 4.69) is 9.88 Å². The molecule has 0 spiro atoms. The highest BCUT2D eigenvalue weighted by molar-refractivity contribution is 6.03. The van der Waals surface area contributed by atoms with E-state index in [1.54, 1.807) is 30.5 Å². The molecule has 0 saturated carbocycles. The topological polar surface area (TPSA) is 62.7 Å². The van der Waals surface area contributed by atoms with Crippen molar-refractivity contribution in [2.24, 2.45) is 0 Å². The predicted molar refractivity (Wildman–Crippen MR) is 130 cm³/mol. The number of rotatable bonds is 7. The van der Waals surface area contributed by atoms with Gasteiger partial charge in [0.05, 0.1) is 17.8 Å². The third-order valence-corrected chi connectivity index (χ3v) is 5.81. The summed E-state index contributed by atoms with van der Waals surface area (Å²) in [6.07, 6.45) is 2.16. The van der Waals surface area contributed by atoms with Crippen molar-refractivity contribution < 1.29 is 14.3 Å². The first-order chi connectivity index (χ1) is 16.8. The molecule has 1 aliphatic heterocycles. The molecule has 5 rings (SSSR count). The van der Waals surface area contributed by atoms with Crippen LogP contribution in [0.2, 0.25) is 0 Å². The minimum Gasteiger partial charge on any atom is -0.492 e. The van der Waals surface area contributed by atoms with Crippen LogP contribution >= 0.6 is 0 Å². The first kappa shape index (κ1) is 21.4. The van der Waals surface area contributed by atoms with Crippen LogP contribution in [0.1, 0.15) is 32.4 Å². The summed E-state index contributed by atoms with van der Waals surface area (Å²) < 4.78 is 5.93. The first-order valence-corrected chi connectivity index (χ1v) is 11.1. The summed E-state index contributed by atoms with van der Waals surface area (Å²) >= 11 is 0. The lowest BCUT2D eigenvalue weighted by Gasteiger charge is -2.45. The van der Waals surface area contributed by atoms with Gasteiger partial charge in [0.2, 0.25) is 0 Å². The minimum absolute atomic E-state index is 0.0588. The van der Waals surface area contributed by atoms with E-state index in [0.717, 1.165) is 23.4 Å². The Bertz CT molecular complexity index is 1280. The molecule has 1 atom stereocenters. The molecule has 3 aromatic carbocycles. The third-order valence-electron chi connectivity index (χ3n) is 5.81. The standard InChI is InChI=1S/C28H23N3O3/c32-20-21-13-15-23(16-14-21)34-19-18-30-27(22-8-2-1-3-9-22)31(26-12-6-7-17-29-26)25-11-5-4-10-24(25)28(30)33/h1-17,20,27H,18-19H2. The van der Waals surface area contributed by atoms with Crippen LogP contribution in [0.4, 0.5) is 11.5 Å². The van der Waals surface area contributed by atoms with E-state index in [0.29, 0.717) is 30.0 Å². The molecule has 1 unspecified atom stereocenters. The molecule has 0 aliphatic carbocycles. The molecule has 2 heterocycles. The number of ether oxygens (including phenoxy) is 1. The van der Waals surface area contributed by atoms with Crippen LogP contribution in [0.25, 0.3) is 0 Å². The lowest BCUT2D eigenvalue weighted by atomic mass is 10.0. The van der Waals surface area contributed by atoms with Gasteiger partial charge in [-0.15, -0.1) is 0 Å². The highest BCUT2D eigenvalue weighted by atomic mass is 16.5. The summed E-state index contributed by atoms with van der Waals surface area (Å²) in [6, 6.07) is 30.3. The van der Waals surface area contributed by atoms with Crippen molar-refractivity contribution >= 4 is 23.7 Å². The van der Waals surface area contributed by atoms with E-state index in [9.17, 15) is 9.59 Å². The second-order valence-electron chi connectivity index (χ2n) is 7.89. The molecular formula is C28H23N3O3. The van der Waals surface area contributed by atoms with Crippen LogP contribution in [0.3, 0.4) is 0 Å². The van der Waals surface area contributed by atoms with Gasteiger partial charge in [0, 0.05) is 11.8 Å². The second-order valence-corrected chi connectivity index (χ2v) is 7.89. The molecule has 1 aliphatic rings. The van der Waals surface area contributed by atoms with Crippen LogP contribution in [0.5, 0.6) is 5.75 Å². The summed E-state index contributed by atoms with van der Waals surface area (Å²) in [5.74, 6) is 1.34. The number of carbonyl (C=O) groups excluding carboxylic acids is 2. The molecule has 168 valence electrons. The first-order valence-electron chi connectivity index (χ1n) is 11.1. The Kier molecular flexibility index (Phi) is 6.03.